The number of imidazole rings is 1. The zero-order valence-electron chi connectivity index (χ0n) is 16.1. The fourth-order valence-electron chi connectivity index (χ4n) is 3.29. The number of amides is 1. The fourth-order valence-corrected chi connectivity index (χ4v) is 3.71. The van der Waals surface area contributed by atoms with Gasteiger partial charge in [-0.15, -0.1) is 9.94 Å². The minimum atomic E-state index is -0.346. The third kappa shape index (κ3) is 4.56. The van der Waals surface area contributed by atoms with Crippen molar-refractivity contribution in [2.45, 2.75) is 24.2 Å². The number of hydrogen-bond acceptors (Lipinski definition) is 6. The van der Waals surface area contributed by atoms with E-state index < -0.39 is 0 Å². The van der Waals surface area contributed by atoms with Gasteiger partial charge in [-0.2, -0.15) is 12.6 Å². The molecule has 29 heavy (non-hydrogen) atoms. The molecule has 4 rings (SSSR count). The van der Waals surface area contributed by atoms with E-state index in [1.807, 2.05) is 36.0 Å². The van der Waals surface area contributed by atoms with Crippen LogP contribution < -0.4 is 9.57 Å². The second-order valence-corrected chi connectivity index (χ2v) is 7.45. The summed E-state index contributed by atoms with van der Waals surface area (Å²) in [7, 11) is 1.94. The van der Waals surface area contributed by atoms with Crippen molar-refractivity contribution >= 4 is 18.7 Å². The topological polar surface area (TPSA) is 74.4 Å². The van der Waals surface area contributed by atoms with E-state index in [0.717, 1.165) is 24.2 Å². The molecule has 1 atom stereocenters. The van der Waals surface area contributed by atoms with E-state index in [9.17, 15) is 4.79 Å². The van der Waals surface area contributed by atoms with Crippen molar-refractivity contribution in [2.24, 2.45) is 7.05 Å². The Bertz CT molecular complexity index is 933. The summed E-state index contributed by atoms with van der Waals surface area (Å²) < 4.78 is 7.46. The largest absolute Gasteiger partial charge is 0.415 e. The Hall–Kier alpha value is -2.94. The van der Waals surface area contributed by atoms with Crippen molar-refractivity contribution < 1.29 is 14.4 Å². The number of carbonyl (C=O) groups excluding carboxylic acids is 1. The summed E-state index contributed by atoms with van der Waals surface area (Å²) in [6.45, 7) is 1.17. The summed E-state index contributed by atoms with van der Waals surface area (Å²) >= 11 is 4.65. The minimum Gasteiger partial charge on any atom is -0.410 e. The molecule has 8 nitrogen and oxygen atoms in total. The second kappa shape index (κ2) is 8.60. The van der Waals surface area contributed by atoms with E-state index >= 15 is 0 Å². The number of nitrogens with zero attached hydrogens (tertiary/aromatic N) is 5. The lowest BCUT2D eigenvalue weighted by atomic mass is 10.1. The number of rotatable bonds is 5. The summed E-state index contributed by atoms with van der Waals surface area (Å²) in [6.07, 6.45) is 8.23. The molecule has 1 amide bonds. The first kappa shape index (κ1) is 19.4. The zero-order chi connectivity index (χ0) is 20.2. The molecule has 3 heterocycles. The molecule has 3 aromatic rings. The molecule has 0 N–H and O–H groups in total. The van der Waals surface area contributed by atoms with Gasteiger partial charge >= 0.3 is 6.09 Å². The summed E-state index contributed by atoms with van der Waals surface area (Å²) in [4.78, 5) is 25.7. The van der Waals surface area contributed by atoms with E-state index in [1.54, 1.807) is 35.6 Å². The van der Waals surface area contributed by atoms with Crippen molar-refractivity contribution in [1.82, 2.24) is 24.4 Å². The number of carbonyl (C=O) groups is 1. The molecule has 1 aliphatic heterocycles. The van der Waals surface area contributed by atoms with Crippen molar-refractivity contribution in [2.75, 3.05) is 13.1 Å². The Balaban J connectivity index is 1.29. The van der Waals surface area contributed by atoms with E-state index in [2.05, 4.69) is 22.7 Å². The molecule has 0 spiro atoms. The van der Waals surface area contributed by atoms with E-state index in [-0.39, 0.29) is 17.4 Å². The van der Waals surface area contributed by atoms with Gasteiger partial charge in [0.05, 0.1) is 17.6 Å². The highest BCUT2D eigenvalue weighted by atomic mass is 32.1. The molecular formula is C20H23N5O3S. The Kier molecular flexibility index (Phi) is 5.75. The maximum Gasteiger partial charge on any atom is 0.415 e. The monoisotopic (exact) mass is 413 g/mol. The Labute approximate surface area is 174 Å². The second-order valence-electron chi connectivity index (χ2n) is 6.94. The molecule has 1 fully saturated rings. The van der Waals surface area contributed by atoms with Gasteiger partial charge in [0.2, 0.25) is 0 Å². The standard InChI is InChI=1S/C20H23N5O3S/c1-23-14-10-21-19(23)18(29)15-3-5-16(6-4-15)27-20(26)24-12-7-17(8-13-24)28-25-11-2-9-22-25/h2-6,9-11,14,17-18,29H,7-8,12-13H2,1H3. The third-order valence-corrected chi connectivity index (χ3v) is 5.47. The molecule has 0 radical (unpaired) electrons. The third-order valence-electron chi connectivity index (χ3n) is 4.94. The first-order chi connectivity index (χ1) is 14.1. The first-order valence-electron chi connectivity index (χ1n) is 9.49. The van der Waals surface area contributed by atoms with Gasteiger partial charge in [0.15, 0.2) is 0 Å². The number of benzene rings is 1. The van der Waals surface area contributed by atoms with Gasteiger partial charge in [-0.05, 0) is 23.8 Å². The van der Waals surface area contributed by atoms with Crippen LogP contribution in [0.15, 0.2) is 55.1 Å². The van der Waals surface area contributed by atoms with Crippen LogP contribution in [0.2, 0.25) is 0 Å². The SMILES string of the molecule is Cn1ccnc1C(S)c1ccc(OC(=O)N2CCC(On3cccn3)CC2)cc1. The van der Waals surface area contributed by atoms with Crippen LogP contribution in [0.4, 0.5) is 4.79 Å². The van der Waals surface area contributed by atoms with Crippen LogP contribution in [-0.4, -0.2) is 49.7 Å². The van der Waals surface area contributed by atoms with E-state index in [0.29, 0.717) is 18.8 Å². The normalized spacial score (nSPS) is 15.9. The van der Waals surface area contributed by atoms with Crippen LogP contribution in [-0.2, 0) is 7.05 Å². The molecule has 2 aromatic heterocycles. The summed E-state index contributed by atoms with van der Waals surface area (Å²) in [6, 6.07) is 9.18. The van der Waals surface area contributed by atoms with Crippen LogP contribution in [0.1, 0.15) is 29.5 Å². The van der Waals surface area contributed by atoms with Gasteiger partial charge in [-0.3, -0.25) is 0 Å². The Morgan fingerprint density at radius 2 is 1.93 bits per heavy atom. The van der Waals surface area contributed by atoms with Crippen molar-refractivity contribution in [3.05, 3.63) is 66.5 Å². The molecule has 1 unspecified atom stereocenters. The average molecular weight is 414 g/mol. The zero-order valence-corrected chi connectivity index (χ0v) is 17.0. The van der Waals surface area contributed by atoms with Crippen molar-refractivity contribution in [1.29, 1.82) is 0 Å². The number of piperidine rings is 1. The predicted octanol–water partition coefficient (Wildman–Crippen LogP) is 2.73. The highest BCUT2D eigenvalue weighted by Gasteiger charge is 2.26. The van der Waals surface area contributed by atoms with Crippen LogP contribution in [0.3, 0.4) is 0 Å². The molecular weight excluding hydrogens is 390 g/mol. The van der Waals surface area contributed by atoms with Crippen LogP contribution in [0.5, 0.6) is 5.75 Å². The molecule has 0 bridgehead atoms. The van der Waals surface area contributed by atoms with Crippen molar-refractivity contribution in [3.63, 3.8) is 0 Å². The minimum absolute atomic E-state index is 0.0386. The summed E-state index contributed by atoms with van der Waals surface area (Å²) in [5, 5.41) is 3.89. The van der Waals surface area contributed by atoms with Gasteiger partial charge in [-0.1, -0.05) is 12.1 Å². The van der Waals surface area contributed by atoms with E-state index in [1.165, 1.54) is 4.85 Å². The molecule has 9 heteroatoms. The number of likely N-dealkylation sites (tertiary alicyclic amines) is 1. The maximum atomic E-state index is 12.5. The molecule has 1 aromatic carbocycles. The fraction of sp³-hybridized carbons (Fsp3) is 0.350. The lowest BCUT2D eigenvalue weighted by Crippen LogP contribution is -2.44. The van der Waals surface area contributed by atoms with Crippen LogP contribution in [0, 0.1) is 0 Å². The molecule has 152 valence electrons. The smallest absolute Gasteiger partial charge is 0.410 e. The lowest BCUT2D eigenvalue weighted by molar-refractivity contribution is -0.0162. The van der Waals surface area contributed by atoms with Gasteiger partial charge in [0.1, 0.15) is 17.7 Å². The Morgan fingerprint density at radius 3 is 2.55 bits per heavy atom. The quantitative estimate of drug-likeness (QED) is 0.651. The predicted molar refractivity (Wildman–Crippen MR) is 110 cm³/mol. The van der Waals surface area contributed by atoms with Gasteiger partial charge in [0.25, 0.3) is 0 Å². The average Bonchev–Trinajstić information content (AvgIpc) is 3.40. The van der Waals surface area contributed by atoms with Gasteiger partial charge in [-0.25, -0.2) is 9.78 Å². The Morgan fingerprint density at radius 1 is 1.17 bits per heavy atom. The summed E-state index contributed by atoms with van der Waals surface area (Å²) in [5.74, 6) is 1.37. The van der Waals surface area contributed by atoms with Crippen LogP contribution >= 0.6 is 12.6 Å². The highest BCUT2D eigenvalue weighted by Crippen LogP contribution is 2.28. The number of ether oxygens (including phenoxy) is 1. The first-order valence-corrected chi connectivity index (χ1v) is 10.0. The highest BCUT2D eigenvalue weighted by molar-refractivity contribution is 7.80. The van der Waals surface area contributed by atoms with Crippen LogP contribution in [0.25, 0.3) is 0 Å². The van der Waals surface area contributed by atoms with Gasteiger partial charge in [0, 0.05) is 45.4 Å². The molecule has 1 saturated heterocycles. The maximum absolute atomic E-state index is 12.5. The van der Waals surface area contributed by atoms with Crippen molar-refractivity contribution in [3.8, 4) is 5.75 Å². The lowest BCUT2D eigenvalue weighted by Gasteiger charge is -2.30. The molecule has 1 aliphatic rings. The van der Waals surface area contributed by atoms with Gasteiger partial charge < -0.3 is 19.0 Å². The number of hydrogen-bond donors (Lipinski definition) is 1. The molecule has 0 saturated carbocycles. The van der Waals surface area contributed by atoms with E-state index in [4.69, 9.17) is 9.57 Å². The molecule has 0 aliphatic carbocycles. The number of thiol groups is 1. The number of aryl methyl sites for hydroxylation is 1. The summed E-state index contributed by atoms with van der Waals surface area (Å²) in [5.41, 5.74) is 0.985. The number of aromatic nitrogens is 4.